The van der Waals surface area contributed by atoms with Crippen molar-refractivity contribution in [1.82, 2.24) is 65.7 Å². The molecule has 2 aromatic carbocycles. The first-order valence-corrected chi connectivity index (χ1v) is 29.9. The van der Waals surface area contributed by atoms with Crippen molar-refractivity contribution in [2.45, 2.75) is 95.0 Å². The number of phenolic OH excluding ortho intramolecular Hbond substituents is 2. The summed E-state index contributed by atoms with van der Waals surface area (Å²) in [7, 11) is 1.51. The van der Waals surface area contributed by atoms with Crippen LogP contribution in [-0.4, -0.2) is 198 Å². The number of amides is 4. The van der Waals surface area contributed by atoms with Gasteiger partial charge in [-0.15, -0.1) is 10.2 Å². The van der Waals surface area contributed by atoms with Gasteiger partial charge in [0.25, 0.3) is 5.91 Å². The summed E-state index contributed by atoms with van der Waals surface area (Å²) in [5.41, 5.74) is 9.39. The van der Waals surface area contributed by atoms with Gasteiger partial charge in [0.2, 0.25) is 11.6 Å². The lowest BCUT2D eigenvalue weighted by molar-refractivity contribution is -0.132. The number of hydrogen-bond acceptors (Lipinski definition) is 21. The Kier molecular flexibility index (Phi) is 16.4. The molecule has 6 aliphatic rings. The number of piperazine rings is 1. The van der Waals surface area contributed by atoms with Crippen LogP contribution >= 0.6 is 0 Å². The second-order valence-corrected chi connectivity index (χ2v) is 24.2. The number of urea groups is 1. The standard InChI is InChI=1S/C63H72N18O6/c1-62(2,3)87-61(86)68-41-20-30-76(31-21-41)26-7-15-53-66-25-19-55(70-53)81-42-16-17-43(81)40-80(39-42)44-36-49(72-67-38-44)47-12-5-10-45(56(47)82)46-11-6-13-48(57(46)83)50-37-51(58(64)74-73-50)78-28-9-29-79(35-34-78)54-18-24-65-52(69-54)14-8-27-77-32-22-63(23-33-77)59(84)75(4)60(85)71-63/h5-6,10-13,18-19,24-25,36-38,41-43,82-83H,9,16-17,20-23,26-35,39-40H2,1-4H3,(H2,64,74)(H,68,86)(H,71,85)/t42-,43+. The Labute approximate surface area is 505 Å². The van der Waals surface area contributed by atoms with Gasteiger partial charge in [-0.1, -0.05) is 36.1 Å². The lowest BCUT2D eigenvalue weighted by atomic mass is 9.87. The van der Waals surface area contributed by atoms with Crippen LogP contribution in [0.25, 0.3) is 33.6 Å². The summed E-state index contributed by atoms with van der Waals surface area (Å²) in [5, 5.41) is 47.7. The van der Waals surface area contributed by atoms with Crippen molar-refractivity contribution in [2.24, 2.45) is 0 Å². The first kappa shape index (κ1) is 58.0. The Bertz CT molecular complexity index is 3700. The number of hydrogen-bond donors (Lipinski definition) is 5. The fourth-order valence-corrected chi connectivity index (χ4v) is 12.7. The number of aromatic nitrogens is 8. The third-order valence-electron chi connectivity index (χ3n) is 17.3. The van der Waals surface area contributed by atoms with E-state index in [-0.39, 0.29) is 53.5 Å². The number of rotatable bonds is 10. The van der Waals surface area contributed by atoms with Crippen molar-refractivity contribution < 1.29 is 29.3 Å². The summed E-state index contributed by atoms with van der Waals surface area (Å²) in [6, 6.07) is 18.5. The number of nitrogens with two attached hydrogens (primary N) is 1. The van der Waals surface area contributed by atoms with E-state index in [4.69, 9.17) is 20.4 Å². The molecule has 2 atom stereocenters. The van der Waals surface area contributed by atoms with E-state index < -0.39 is 11.1 Å². The molecule has 6 aromatic rings. The van der Waals surface area contributed by atoms with Gasteiger partial charge in [0.1, 0.15) is 34.3 Å². The minimum absolute atomic E-state index is 0.0527. The molecule has 6 N–H and O–H groups in total. The molecular weight excluding hydrogens is 1100 g/mol. The van der Waals surface area contributed by atoms with Crippen LogP contribution in [0.15, 0.2) is 79.3 Å². The topological polar surface area (TPSA) is 277 Å². The number of benzene rings is 2. The zero-order valence-electron chi connectivity index (χ0n) is 49.5. The Morgan fingerprint density at radius 3 is 1.94 bits per heavy atom. The maximum Gasteiger partial charge on any atom is 0.407 e. The monoisotopic (exact) mass is 1180 g/mol. The number of carbonyl (C=O) groups is 3. The van der Waals surface area contributed by atoms with E-state index in [0.717, 1.165) is 87.1 Å². The Morgan fingerprint density at radius 2 is 1.31 bits per heavy atom. The molecule has 6 aliphatic heterocycles. The molecule has 10 heterocycles. The number of para-hydroxylation sites is 2. The number of nitrogens with one attached hydrogen (secondary N) is 2. The van der Waals surface area contributed by atoms with Gasteiger partial charge < -0.3 is 50.9 Å². The third-order valence-corrected chi connectivity index (χ3v) is 17.3. The Hall–Kier alpha value is -9.39. The van der Waals surface area contributed by atoms with Gasteiger partial charge in [0.15, 0.2) is 5.82 Å². The number of nitrogens with zero attached hydrogens (tertiary/aromatic N) is 15. The van der Waals surface area contributed by atoms with E-state index in [1.54, 1.807) is 42.9 Å². The predicted molar refractivity (Wildman–Crippen MR) is 329 cm³/mol. The van der Waals surface area contributed by atoms with E-state index in [9.17, 15) is 24.6 Å². The van der Waals surface area contributed by atoms with Crippen LogP contribution in [0.1, 0.15) is 77.4 Å². The summed E-state index contributed by atoms with van der Waals surface area (Å²) < 4.78 is 5.43. The van der Waals surface area contributed by atoms with Crippen molar-refractivity contribution in [2.75, 3.05) is 111 Å². The highest BCUT2D eigenvalue weighted by atomic mass is 16.6. The molecule has 24 nitrogen and oxygen atoms in total. The Morgan fingerprint density at radius 1 is 0.724 bits per heavy atom. The maximum absolute atomic E-state index is 12.7. The average Bonchev–Trinajstić information content (AvgIpc) is 1.95. The molecule has 0 radical (unpaired) electrons. The van der Waals surface area contributed by atoms with E-state index in [2.05, 4.69) is 94.1 Å². The van der Waals surface area contributed by atoms with Crippen molar-refractivity contribution in [3.63, 3.8) is 0 Å². The molecule has 24 heteroatoms. The molecule has 450 valence electrons. The number of likely N-dealkylation sites (tertiary alicyclic amines) is 2. The molecule has 12 rings (SSSR count). The number of imide groups is 1. The van der Waals surface area contributed by atoms with Gasteiger partial charge in [-0.2, -0.15) is 10.2 Å². The number of likely N-dealkylation sites (N-methyl/N-ethyl adjacent to an activating group) is 1. The zero-order chi connectivity index (χ0) is 60.4. The average molecular weight is 1180 g/mol. The molecule has 6 fully saturated rings. The molecule has 0 aliphatic carbocycles. The summed E-state index contributed by atoms with van der Waals surface area (Å²) in [5.74, 6) is 15.3. The molecule has 1 spiro atoms. The molecule has 0 saturated carbocycles. The first-order chi connectivity index (χ1) is 42.0. The number of alkyl carbamates (subject to hydrolysis) is 1. The zero-order valence-corrected chi connectivity index (χ0v) is 49.5. The van der Waals surface area contributed by atoms with Crippen LogP contribution in [0.4, 0.5) is 38.4 Å². The molecule has 87 heavy (non-hydrogen) atoms. The normalized spacial score (nSPS) is 19.9. The quantitative estimate of drug-likeness (QED) is 0.0879. The number of nitrogen functional groups attached to an aromatic ring is 1. The second kappa shape index (κ2) is 24.5. The highest BCUT2D eigenvalue weighted by Gasteiger charge is 2.51. The van der Waals surface area contributed by atoms with Gasteiger partial charge in [-0.3, -0.25) is 19.5 Å². The summed E-state index contributed by atoms with van der Waals surface area (Å²) in [4.78, 5) is 70.5. The van der Waals surface area contributed by atoms with Crippen LogP contribution in [0.3, 0.4) is 0 Å². The summed E-state index contributed by atoms with van der Waals surface area (Å²) in [6.07, 6.45) is 10.4. The minimum atomic E-state index is -0.818. The number of ether oxygens (including phenoxy) is 1. The maximum atomic E-state index is 12.7. The largest absolute Gasteiger partial charge is 0.507 e. The summed E-state index contributed by atoms with van der Waals surface area (Å²) >= 11 is 0. The van der Waals surface area contributed by atoms with E-state index >= 15 is 0 Å². The lowest BCUT2D eigenvalue weighted by Crippen LogP contribution is -2.54. The third kappa shape index (κ3) is 12.6. The molecule has 2 bridgehead atoms. The number of anilines is 5. The van der Waals surface area contributed by atoms with Crippen molar-refractivity contribution in [1.29, 1.82) is 0 Å². The fourth-order valence-electron chi connectivity index (χ4n) is 12.7. The number of phenols is 2. The highest BCUT2D eigenvalue weighted by molar-refractivity contribution is 6.06. The first-order valence-electron chi connectivity index (χ1n) is 29.9. The molecule has 0 unspecified atom stereocenters. The molecule has 6 saturated heterocycles. The smallest absolute Gasteiger partial charge is 0.407 e. The van der Waals surface area contributed by atoms with Crippen molar-refractivity contribution >= 4 is 46.9 Å². The van der Waals surface area contributed by atoms with Gasteiger partial charge in [0.05, 0.1) is 42.0 Å². The highest BCUT2D eigenvalue weighted by Crippen LogP contribution is 2.45. The van der Waals surface area contributed by atoms with E-state index in [0.29, 0.717) is 110 Å². The molecule has 4 amide bonds. The Balaban J connectivity index is 0.669. The van der Waals surface area contributed by atoms with Crippen LogP contribution in [0, 0.1) is 23.7 Å². The predicted octanol–water partition coefficient (Wildman–Crippen LogP) is 5.12. The molecular formula is C63H72N18O6. The fraction of sp³-hybridized carbons (Fsp3) is 0.444. The van der Waals surface area contributed by atoms with E-state index in [1.165, 1.54) is 7.05 Å². The van der Waals surface area contributed by atoms with Gasteiger partial charge in [-0.05, 0) is 114 Å². The van der Waals surface area contributed by atoms with Gasteiger partial charge in [0, 0.05) is 125 Å². The second-order valence-electron chi connectivity index (χ2n) is 24.2. The lowest BCUT2D eigenvalue weighted by Gasteiger charge is -2.42. The number of carbonyl (C=O) groups excluding carboxylic acids is 3. The number of fused-ring (bicyclic) bond motifs is 2. The number of aromatic hydroxyl groups is 2. The SMILES string of the molecule is CN1C(=O)NC2(CCN(CC#Cc3nccc(N4CCCN(c5cc(-c6cccc(-c7cccc(-c8cc(N9C[C@H]%10CC[C@@H](C9)N%10c9ccnc(C#CCN%10CCC(NC(=O)OC(C)(C)C)CC%10)n9)cnn8)c7O)c6O)nnc5N)CC4)n3)CC2)C1=O. The van der Waals surface area contributed by atoms with Crippen LogP contribution in [-0.2, 0) is 9.53 Å². The van der Waals surface area contributed by atoms with Crippen LogP contribution < -0.4 is 36.0 Å². The van der Waals surface area contributed by atoms with Gasteiger partial charge in [-0.25, -0.2) is 29.5 Å². The number of piperidine rings is 2. The van der Waals surface area contributed by atoms with E-state index in [1.807, 2.05) is 57.2 Å². The van der Waals surface area contributed by atoms with Gasteiger partial charge >= 0.3 is 12.1 Å². The van der Waals surface area contributed by atoms with Crippen molar-refractivity contribution in [3.8, 4) is 68.8 Å². The van der Waals surface area contributed by atoms with Crippen LogP contribution in [0.5, 0.6) is 11.5 Å². The van der Waals surface area contributed by atoms with Crippen LogP contribution in [0.2, 0.25) is 0 Å². The van der Waals surface area contributed by atoms with Crippen molar-refractivity contribution in [3.05, 3.63) is 90.9 Å². The molecule has 4 aromatic heterocycles. The minimum Gasteiger partial charge on any atom is -0.507 e. The summed E-state index contributed by atoms with van der Waals surface area (Å²) in [6.45, 7) is 13.7.